The third-order valence-electron chi connectivity index (χ3n) is 4.77. The molecule has 2 heterocycles. The molecule has 6 nitrogen and oxygen atoms in total. The lowest BCUT2D eigenvalue weighted by molar-refractivity contribution is -0.140. The molecule has 2 aromatic heterocycles. The van der Waals surface area contributed by atoms with Crippen molar-refractivity contribution in [3.05, 3.63) is 96.0 Å². The summed E-state index contributed by atoms with van der Waals surface area (Å²) in [5, 5.41) is 5.11. The average Bonchev–Trinajstić information content (AvgIpc) is 3.39. The van der Waals surface area contributed by atoms with Gasteiger partial charge in [-0.25, -0.2) is 4.79 Å². The fourth-order valence-corrected chi connectivity index (χ4v) is 3.25. The standard InChI is InChI=1S/C24H21N3O3/c1-17(24(29)21-14-25-22-10-6-5-9-20(21)22)30-23(28)12-11-19-13-26-27(16-19)15-18-7-3-2-4-8-18/h2-14,16-17,25H,15H2,1H3/b12-11+/t17-/m0/s1. The van der Waals surface area contributed by atoms with Crippen LogP contribution in [0.3, 0.4) is 0 Å². The van der Waals surface area contributed by atoms with Gasteiger partial charge in [-0.15, -0.1) is 0 Å². The van der Waals surface area contributed by atoms with Crippen LogP contribution in [0.4, 0.5) is 0 Å². The second-order valence-corrected chi connectivity index (χ2v) is 6.98. The van der Waals surface area contributed by atoms with Gasteiger partial charge in [-0.2, -0.15) is 5.10 Å². The van der Waals surface area contributed by atoms with Crippen LogP contribution in [-0.4, -0.2) is 32.6 Å². The molecule has 1 atom stereocenters. The van der Waals surface area contributed by atoms with Gasteiger partial charge in [-0.05, 0) is 24.6 Å². The molecule has 4 aromatic rings. The molecule has 6 heteroatoms. The first-order valence-corrected chi connectivity index (χ1v) is 9.65. The molecule has 0 saturated carbocycles. The van der Waals surface area contributed by atoms with Gasteiger partial charge in [0.1, 0.15) is 0 Å². The normalized spacial score (nSPS) is 12.3. The summed E-state index contributed by atoms with van der Waals surface area (Å²) in [6.45, 7) is 2.23. The van der Waals surface area contributed by atoms with E-state index in [-0.39, 0.29) is 5.78 Å². The van der Waals surface area contributed by atoms with Crippen LogP contribution in [0.15, 0.2) is 79.3 Å². The van der Waals surface area contributed by atoms with Gasteiger partial charge in [-0.1, -0.05) is 48.5 Å². The molecule has 4 rings (SSSR count). The molecule has 30 heavy (non-hydrogen) atoms. The number of carbonyl (C=O) groups is 2. The predicted octanol–water partition coefficient (Wildman–Crippen LogP) is 4.24. The first kappa shape index (κ1) is 19.4. The summed E-state index contributed by atoms with van der Waals surface area (Å²) in [5.74, 6) is -0.823. The van der Waals surface area contributed by atoms with Gasteiger partial charge in [0.25, 0.3) is 0 Å². The zero-order valence-electron chi connectivity index (χ0n) is 16.5. The number of ketones is 1. The number of hydrogen-bond donors (Lipinski definition) is 1. The van der Waals surface area contributed by atoms with Crippen LogP contribution in [0.25, 0.3) is 17.0 Å². The van der Waals surface area contributed by atoms with Crippen molar-refractivity contribution in [2.24, 2.45) is 0 Å². The molecule has 0 aliphatic carbocycles. The van der Waals surface area contributed by atoms with Crippen molar-refractivity contribution < 1.29 is 14.3 Å². The van der Waals surface area contributed by atoms with Crippen molar-refractivity contribution in [2.75, 3.05) is 0 Å². The predicted molar refractivity (Wildman–Crippen MR) is 115 cm³/mol. The lowest BCUT2D eigenvalue weighted by Crippen LogP contribution is -2.23. The number of aromatic amines is 1. The van der Waals surface area contributed by atoms with E-state index in [0.717, 1.165) is 22.0 Å². The Morgan fingerprint density at radius 2 is 1.90 bits per heavy atom. The van der Waals surface area contributed by atoms with Crippen LogP contribution < -0.4 is 0 Å². The minimum atomic E-state index is -0.887. The smallest absolute Gasteiger partial charge is 0.331 e. The maximum Gasteiger partial charge on any atom is 0.331 e. The van der Waals surface area contributed by atoms with E-state index in [1.54, 1.807) is 30.1 Å². The number of hydrogen-bond acceptors (Lipinski definition) is 4. The Kier molecular flexibility index (Phi) is 5.57. The van der Waals surface area contributed by atoms with Crippen molar-refractivity contribution in [3.63, 3.8) is 0 Å². The molecule has 0 amide bonds. The number of ether oxygens (including phenoxy) is 1. The quantitative estimate of drug-likeness (QED) is 0.286. The Hall–Kier alpha value is -3.93. The zero-order valence-corrected chi connectivity index (χ0v) is 16.5. The van der Waals surface area contributed by atoms with Gasteiger partial charge in [0, 0.05) is 40.5 Å². The minimum Gasteiger partial charge on any atom is -0.451 e. The van der Waals surface area contributed by atoms with Crippen molar-refractivity contribution in [2.45, 2.75) is 19.6 Å². The summed E-state index contributed by atoms with van der Waals surface area (Å²) in [4.78, 5) is 27.9. The highest BCUT2D eigenvalue weighted by Gasteiger charge is 2.21. The SMILES string of the molecule is C[C@H](OC(=O)/C=C/c1cnn(Cc2ccccc2)c1)C(=O)c1c[nH]c2ccccc12. The van der Waals surface area contributed by atoms with E-state index in [0.29, 0.717) is 12.1 Å². The second-order valence-electron chi connectivity index (χ2n) is 6.98. The van der Waals surface area contributed by atoms with Gasteiger partial charge in [0.2, 0.25) is 5.78 Å². The number of rotatable bonds is 7. The number of carbonyl (C=O) groups excluding carboxylic acids is 2. The van der Waals surface area contributed by atoms with Crippen molar-refractivity contribution in [3.8, 4) is 0 Å². The second kappa shape index (κ2) is 8.61. The molecule has 0 bridgehead atoms. The van der Waals surface area contributed by atoms with Crippen molar-refractivity contribution >= 4 is 28.7 Å². The molecule has 0 spiro atoms. The fraction of sp³-hybridized carbons (Fsp3) is 0.125. The number of para-hydroxylation sites is 1. The Balaban J connectivity index is 1.36. The topological polar surface area (TPSA) is 77.0 Å². The van der Waals surface area contributed by atoms with Crippen LogP contribution in [-0.2, 0) is 16.1 Å². The molecule has 0 radical (unpaired) electrons. The third kappa shape index (κ3) is 4.38. The van der Waals surface area contributed by atoms with E-state index in [9.17, 15) is 9.59 Å². The van der Waals surface area contributed by atoms with E-state index in [2.05, 4.69) is 10.1 Å². The largest absolute Gasteiger partial charge is 0.451 e. The van der Waals surface area contributed by atoms with Crippen molar-refractivity contribution in [1.82, 2.24) is 14.8 Å². The summed E-state index contributed by atoms with van der Waals surface area (Å²) < 4.78 is 7.09. The summed E-state index contributed by atoms with van der Waals surface area (Å²) in [6.07, 6.45) is 7.21. The summed E-state index contributed by atoms with van der Waals surface area (Å²) in [7, 11) is 0. The third-order valence-corrected chi connectivity index (χ3v) is 4.77. The number of nitrogens with zero attached hydrogens (tertiary/aromatic N) is 2. The molecule has 1 N–H and O–H groups in total. The molecule has 2 aromatic carbocycles. The monoisotopic (exact) mass is 399 g/mol. The van der Waals surface area contributed by atoms with E-state index in [4.69, 9.17) is 4.74 Å². The van der Waals surface area contributed by atoms with Gasteiger partial charge >= 0.3 is 5.97 Å². The fourth-order valence-electron chi connectivity index (χ4n) is 3.25. The molecule has 0 aliphatic rings. The number of esters is 1. The Morgan fingerprint density at radius 3 is 2.73 bits per heavy atom. The van der Waals surface area contributed by atoms with E-state index in [1.807, 2.05) is 60.8 Å². The maximum absolute atomic E-state index is 12.7. The highest BCUT2D eigenvalue weighted by atomic mass is 16.5. The number of benzene rings is 2. The first-order chi connectivity index (χ1) is 14.6. The Morgan fingerprint density at radius 1 is 1.13 bits per heavy atom. The van der Waals surface area contributed by atoms with Crippen LogP contribution in [0, 0.1) is 0 Å². The maximum atomic E-state index is 12.7. The average molecular weight is 399 g/mol. The lowest BCUT2D eigenvalue weighted by Gasteiger charge is -2.10. The molecule has 0 unspecified atom stereocenters. The number of nitrogens with one attached hydrogen (secondary N) is 1. The van der Waals surface area contributed by atoms with E-state index in [1.165, 1.54) is 6.08 Å². The van der Waals surface area contributed by atoms with Gasteiger partial charge in [0.05, 0.1) is 12.7 Å². The van der Waals surface area contributed by atoms with E-state index < -0.39 is 12.1 Å². The van der Waals surface area contributed by atoms with Gasteiger partial charge < -0.3 is 9.72 Å². The summed E-state index contributed by atoms with van der Waals surface area (Å²) >= 11 is 0. The highest BCUT2D eigenvalue weighted by molar-refractivity contribution is 6.10. The Bertz CT molecular complexity index is 1200. The minimum absolute atomic E-state index is 0.245. The van der Waals surface area contributed by atoms with Crippen LogP contribution in [0.2, 0.25) is 0 Å². The van der Waals surface area contributed by atoms with Crippen LogP contribution in [0.5, 0.6) is 0 Å². The summed E-state index contributed by atoms with van der Waals surface area (Å²) in [5.41, 5.74) is 3.29. The van der Waals surface area contributed by atoms with Crippen molar-refractivity contribution in [1.29, 1.82) is 0 Å². The molecule has 0 aliphatic heterocycles. The number of H-pyrrole nitrogens is 1. The number of fused-ring (bicyclic) bond motifs is 1. The Labute approximate surface area is 173 Å². The first-order valence-electron chi connectivity index (χ1n) is 9.65. The molecule has 0 fully saturated rings. The van der Waals surface area contributed by atoms with Crippen LogP contribution in [0.1, 0.15) is 28.4 Å². The van der Waals surface area contributed by atoms with Crippen LogP contribution >= 0.6 is 0 Å². The molecule has 150 valence electrons. The molecular weight excluding hydrogens is 378 g/mol. The number of Topliss-reactive ketones (excluding diaryl/α,β-unsaturated/α-hetero) is 1. The highest BCUT2D eigenvalue weighted by Crippen LogP contribution is 2.20. The van der Waals surface area contributed by atoms with Gasteiger partial charge in [0.15, 0.2) is 6.10 Å². The lowest BCUT2D eigenvalue weighted by atomic mass is 10.1. The van der Waals surface area contributed by atoms with Gasteiger partial charge in [-0.3, -0.25) is 9.48 Å². The zero-order chi connectivity index (χ0) is 20.9. The van der Waals surface area contributed by atoms with E-state index >= 15 is 0 Å². The molecule has 0 saturated heterocycles. The number of aromatic nitrogens is 3. The molecular formula is C24H21N3O3. The summed E-state index contributed by atoms with van der Waals surface area (Å²) in [6, 6.07) is 17.5.